The van der Waals surface area contributed by atoms with Crippen molar-refractivity contribution in [1.29, 1.82) is 0 Å². The molecule has 1 saturated heterocycles. The summed E-state index contributed by atoms with van der Waals surface area (Å²) in [6, 6.07) is 8.70. The summed E-state index contributed by atoms with van der Waals surface area (Å²) in [5.74, 6) is 0.246. The maximum atomic E-state index is 11.5. The van der Waals surface area contributed by atoms with Gasteiger partial charge < -0.3 is 10.0 Å². The van der Waals surface area contributed by atoms with E-state index in [1.807, 2.05) is 13.8 Å². The van der Waals surface area contributed by atoms with Crippen molar-refractivity contribution >= 4 is 5.97 Å². The first-order chi connectivity index (χ1) is 9.98. The monoisotopic (exact) mass is 287 g/mol. The normalized spacial score (nSPS) is 26.0. The summed E-state index contributed by atoms with van der Waals surface area (Å²) in [5, 5.41) is 9.43. The Kier molecular flexibility index (Phi) is 3.78. The lowest BCUT2D eigenvalue weighted by Gasteiger charge is -2.42. The fourth-order valence-electron chi connectivity index (χ4n) is 3.82. The number of carboxylic acids is 1. The standard InChI is InChI=1S/C18H25NO2/c1-18(2,17(20)21)15-7-5-9-19(12-15)11-14-10-13-6-3-4-8-16(13)14/h3-4,6,8,14-15H,5,7,9-12H2,1-2H3,(H,20,21). The fourth-order valence-corrected chi connectivity index (χ4v) is 3.82. The molecule has 0 radical (unpaired) electrons. The Hall–Kier alpha value is -1.35. The number of nitrogens with zero attached hydrogens (tertiary/aromatic N) is 1. The number of hydrogen-bond donors (Lipinski definition) is 1. The highest BCUT2D eigenvalue weighted by atomic mass is 16.4. The molecule has 21 heavy (non-hydrogen) atoms. The Balaban J connectivity index is 1.62. The highest BCUT2D eigenvalue weighted by Crippen LogP contribution is 2.38. The summed E-state index contributed by atoms with van der Waals surface area (Å²) in [4.78, 5) is 13.9. The summed E-state index contributed by atoms with van der Waals surface area (Å²) in [6.07, 6.45) is 3.34. The zero-order valence-corrected chi connectivity index (χ0v) is 13.0. The highest BCUT2D eigenvalue weighted by molar-refractivity contribution is 5.74. The van der Waals surface area contributed by atoms with Crippen LogP contribution in [0, 0.1) is 11.3 Å². The van der Waals surface area contributed by atoms with Crippen LogP contribution < -0.4 is 0 Å². The zero-order chi connectivity index (χ0) is 15.0. The van der Waals surface area contributed by atoms with Crippen LogP contribution in [0.1, 0.15) is 43.7 Å². The van der Waals surface area contributed by atoms with E-state index in [0.29, 0.717) is 5.92 Å². The molecular formula is C18H25NO2. The van der Waals surface area contributed by atoms with Crippen molar-refractivity contribution in [3.63, 3.8) is 0 Å². The molecule has 0 amide bonds. The third kappa shape index (κ3) is 2.71. The van der Waals surface area contributed by atoms with Gasteiger partial charge in [-0.3, -0.25) is 4.79 Å². The van der Waals surface area contributed by atoms with Gasteiger partial charge in [-0.25, -0.2) is 0 Å². The first-order valence-corrected chi connectivity index (χ1v) is 8.02. The van der Waals surface area contributed by atoms with Gasteiger partial charge in [0, 0.05) is 19.0 Å². The zero-order valence-electron chi connectivity index (χ0n) is 13.0. The molecule has 3 rings (SSSR count). The van der Waals surface area contributed by atoms with Gasteiger partial charge in [0.1, 0.15) is 0 Å². The van der Waals surface area contributed by atoms with Gasteiger partial charge in [-0.05, 0) is 56.7 Å². The second-order valence-electron chi connectivity index (χ2n) is 7.23. The quantitative estimate of drug-likeness (QED) is 0.925. The predicted octanol–water partition coefficient (Wildman–Crippen LogP) is 3.15. The molecule has 2 unspecified atom stereocenters. The number of benzene rings is 1. The number of rotatable bonds is 4. The lowest BCUT2D eigenvalue weighted by Crippen LogP contribution is -2.46. The van der Waals surface area contributed by atoms with E-state index in [9.17, 15) is 9.90 Å². The van der Waals surface area contributed by atoms with Crippen LogP contribution in [0.4, 0.5) is 0 Å². The number of carbonyl (C=O) groups is 1. The minimum Gasteiger partial charge on any atom is -0.481 e. The molecular weight excluding hydrogens is 262 g/mol. The molecule has 3 heteroatoms. The van der Waals surface area contributed by atoms with Crippen LogP contribution in [-0.4, -0.2) is 35.6 Å². The van der Waals surface area contributed by atoms with E-state index < -0.39 is 11.4 Å². The van der Waals surface area contributed by atoms with Gasteiger partial charge in [-0.1, -0.05) is 24.3 Å². The molecule has 2 atom stereocenters. The van der Waals surface area contributed by atoms with E-state index in [1.165, 1.54) is 17.5 Å². The van der Waals surface area contributed by atoms with E-state index >= 15 is 0 Å². The van der Waals surface area contributed by atoms with E-state index in [0.717, 1.165) is 32.5 Å². The Morgan fingerprint density at radius 3 is 2.86 bits per heavy atom. The van der Waals surface area contributed by atoms with Crippen molar-refractivity contribution in [2.45, 2.75) is 39.0 Å². The largest absolute Gasteiger partial charge is 0.481 e. The Morgan fingerprint density at radius 2 is 2.14 bits per heavy atom. The molecule has 114 valence electrons. The molecule has 1 aliphatic heterocycles. The van der Waals surface area contributed by atoms with Crippen LogP contribution in [0.3, 0.4) is 0 Å². The smallest absolute Gasteiger partial charge is 0.309 e. The molecule has 1 fully saturated rings. The van der Waals surface area contributed by atoms with Gasteiger partial charge in [0.15, 0.2) is 0 Å². The summed E-state index contributed by atoms with van der Waals surface area (Å²) in [7, 11) is 0. The van der Waals surface area contributed by atoms with E-state index in [4.69, 9.17) is 0 Å². The van der Waals surface area contributed by atoms with Crippen LogP contribution in [-0.2, 0) is 11.2 Å². The van der Waals surface area contributed by atoms with Gasteiger partial charge in [-0.2, -0.15) is 0 Å². The number of fused-ring (bicyclic) bond motifs is 1. The van der Waals surface area contributed by atoms with Crippen LogP contribution in [0.15, 0.2) is 24.3 Å². The molecule has 1 aromatic rings. The van der Waals surface area contributed by atoms with Gasteiger partial charge in [-0.15, -0.1) is 0 Å². The minimum absolute atomic E-state index is 0.263. The first-order valence-electron chi connectivity index (χ1n) is 8.02. The van der Waals surface area contributed by atoms with Crippen molar-refractivity contribution < 1.29 is 9.90 Å². The molecule has 0 bridgehead atoms. The van der Waals surface area contributed by atoms with E-state index in [1.54, 1.807) is 0 Å². The molecule has 1 heterocycles. The van der Waals surface area contributed by atoms with Crippen molar-refractivity contribution in [2.24, 2.45) is 11.3 Å². The average molecular weight is 287 g/mol. The Labute approximate surface area is 127 Å². The van der Waals surface area contributed by atoms with Crippen LogP contribution >= 0.6 is 0 Å². The molecule has 2 aliphatic rings. The maximum Gasteiger partial charge on any atom is 0.309 e. The second-order valence-corrected chi connectivity index (χ2v) is 7.23. The number of aliphatic carboxylic acids is 1. The van der Waals surface area contributed by atoms with Gasteiger partial charge in [0.25, 0.3) is 0 Å². The third-order valence-electron chi connectivity index (χ3n) is 5.52. The van der Waals surface area contributed by atoms with E-state index in [2.05, 4.69) is 29.2 Å². The summed E-state index contributed by atoms with van der Waals surface area (Å²) >= 11 is 0. The van der Waals surface area contributed by atoms with Crippen molar-refractivity contribution in [3.05, 3.63) is 35.4 Å². The van der Waals surface area contributed by atoms with Gasteiger partial charge >= 0.3 is 5.97 Å². The summed E-state index contributed by atoms with van der Waals surface area (Å²) in [5.41, 5.74) is 2.37. The first kappa shape index (κ1) is 14.6. The lowest BCUT2D eigenvalue weighted by molar-refractivity contribution is -0.151. The molecule has 1 N–H and O–H groups in total. The molecule has 1 aliphatic carbocycles. The average Bonchev–Trinajstić information content (AvgIpc) is 2.45. The number of hydrogen-bond acceptors (Lipinski definition) is 2. The number of carboxylic acid groups (broad SMARTS) is 1. The summed E-state index contributed by atoms with van der Waals surface area (Å²) in [6.45, 7) is 6.89. The third-order valence-corrected chi connectivity index (χ3v) is 5.52. The molecule has 3 nitrogen and oxygen atoms in total. The number of piperidine rings is 1. The predicted molar refractivity (Wildman–Crippen MR) is 83.5 cm³/mol. The van der Waals surface area contributed by atoms with E-state index in [-0.39, 0.29) is 5.92 Å². The van der Waals surface area contributed by atoms with Gasteiger partial charge in [0.05, 0.1) is 5.41 Å². The molecule has 0 saturated carbocycles. The van der Waals surface area contributed by atoms with Crippen molar-refractivity contribution in [1.82, 2.24) is 4.90 Å². The van der Waals surface area contributed by atoms with Crippen LogP contribution in [0.25, 0.3) is 0 Å². The molecule has 1 aromatic carbocycles. The van der Waals surface area contributed by atoms with Gasteiger partial charge in [0.2, 0.25) is 0 Å². The fraction of sp³-hybridized carbons (Fsp3) is 0.611. The topological polar surface area (TPSA) is 40.5 Å². The minimum atomic E-state index is -0.664. The van der Waals surface area contributed by atoms with Crippen molar-refractivity contribution in [3.8, 4) is 0 Å². The lowest BCUT2D eigenvalue weighted by atomic mass is 9.73. The van der Waals surface area contributed by atoms with Crippen LogP contribution in [0.5, 0.6) is 0 Å². The van der Waals surface area contributed by atoms with Crippen LogP contribution in [0.2, 0.25) is 0 Å². The molecule has 0 aromatic heterocycles. The highest BCUT2D eigenvalue weighted by Gasteiger charge is 2.39. The number of likely N-dealkylation sites (tertiary alicyclic amines) is 1. The molecule has 0 spiro atoms. The SMILES string of the molecule is CC(C)(C(=O)O)C1CCCN(CC2Cc3ccccc32)C1. The Morgan fingerprint density at radius 1 is 1.38 bits per heavy atom. The maximum absolute atomic E-state index is 11.5. The Bertz CT molecular complexity index is 538. The summed E-state index contributed by atoms with van der Waals surface area (Å²) < 4.78 is 0. The van der Waals surface area contributed by atoms with Crippen molar-refractivity contribution in [2.75, 3.05) is 19.6 Å². The second kappa shape index (κ2) is 5.45.